The van der Waals surface area contributed by atoms with Crippen LogP contribution in [-0.4, -0.2) is 18.9 Å². The second-order valence-electron chi connectivity index (χ2n) is 7.90. The number of hydrogen-bond acceptors (Lipinski definition) is 4. The van der Waals surface area contributed by atoms with E-state index in [1.54, 1.807) is 7.11 Å². The maximum absolute atomic E-state index is 11.5. The molecule has 4 heteroatoms. The fourth-order valence-corrected chi connectivity index (χ4v) is 4.31. The number of hydrogen-bond donors (Lipinski definition) is 1. The fraction of sp³-hybridized carbons (Fsp3) is 0.348. The number of rotatable bonds is 3. The van der Waals surface area contributed by atoms with Crippen molar-refractivity contribution in [1.29, 1.82) is 0 Å². The number of allylic oxidation sites excluding steroid dienone is 1. The molecule has 2 unspecified atom stereocenters. The van der Waals surface area contributed by atoms with Crippen LogP contribution >= 0.6 is 0 Å². The van der Waals surface area contributed by atoms with Gasteiger partial charge in [-0.15, -0.1) is 0 Å². The lowest BCUT2D eigenvalue weighted by Crippen LogP contribution is -2.33. The zero-order valence-corrected chi connectivity index (χ0v) is 16.3. The Morgan fingerprint density at radius 1 is 1.22 bits per heavy atom. The van der Waals surface area contributed by atoms with Gasteiger partial charge in [0.15, 0.2) is 0 Å². The molecule has 2 aliphatic rings. The van der Waals surface area contributed by atoms with Crippen molar-refractivity contribution in [3.63, 3.8) is 0 Å². The molecule has 0 saturated carbocycles. The molecule has 4 nitrogen and oxygen atoms in total. The van der Waals surface area contributed by atoms with Crippen molar-refractivity contribution in [2.24, 2.45) is 5.92 Å². The Morgan fingerprint density at radius 3 is 2.70 bits per heavy atom. The largest absolute Gasteiger partial charge is 0.496 e. The molecule has 0 aromatic heterocycles. The first-order valence-electron chi connectivity index (χ1n) is 9.23. The zero-order chi connectivity index (χ0) is 19.3. The summed E-state index contributed by atoms with van der Waals surface area (Å²) in [4.78, 5) is 11.5. The van der Waals surface area contributed by atoms with Crippen LogP contribution in [0.5, 0.6) is 11.5 Å². The topological polar surface area (TPSA) is 47.6 Å². The Labute approximate surface area is 160 Å². The molecule has 2 aliphatic heterocycles. The van der Waals surface area contributed by atoms with Crippen molar-refractivity contribution in [2.45, 2.75) is 39.3 Å². The van der Waals surface area contributed by atoms with Crippen LogP contribution in [0.1, 0.15) is 44.9 Å². The van der Waals surface area contributed by atoms with E-state index in [2.05, 4.69) is 50.6 Å². The van der Waals surface area contributed by atoms with Crippen LogP contribution in [0.25, 0.3) is 16.7 Å². The summed E-state index contributed by atoms with van der Waals surface area (Å²) in [5, 5.41) is 3.59. The minimum atomic E-state index is -0.391. The smallest absolute Gasteiger partial charge is 0.205 e. The highest BCUT2D eigenvalue weighted by Gasteiger charge is 2.37. The van der Waals surface area contributed by atoms with E-state index in [9.17, 15) is 4.79 Å². The first-order chi connectivity index (χ1) is 12.9. The van der Waals surface area contributed by atoms with Crippen LogP contribution in [-0.2, 0) is 4.79 Å². The lowest BCUT2D eigenvalue weighted by molar-refractivity contribution is 0.169. The van der Waals surface area contributed by atoms with Gasteiger partial charge in [0.25, 0.3) is 0 Å². The third kappa shape index (κ3) is 2.71. The first kappa shape index (κ1) is 17.7. The minimum Gasteiger partial charge on any atom is -0.496 e. The molecule has 27 heavy (non-hydrogen) atoms. The molecule has 1 N–H and O–H groups in total. The molecule has 0 bridgehead atoms. The van der Waals surface area contributed by atoms with Crippen molar-refractivity contribution in [2.75, 3.05) is 12.4 Å². The lowest BCUT2D eigenvalue weighted by atomic mass is 9.79. The molecule has 0 saturated heterocycles. The number of anilines is 1. The predicted molar refractivity (Wildman–Crippen MR) is 108 cm³/mol. The summed E-state index contributed by atoms with van der Waals surface area (Å²) in [6.45, 7) is 8.26. The number of benzene rings is 2. The molecular formula is C23H24NO3. The average Bonchev–Trinajstić information content (AvgIpc) is 2.64. The van der Waals surface area contributed by atoms with E-state index in [4.69, 9.17) is 9.47 Å². The Bertz CT molecular complexity index is 958. The van der Waals surface area contributed by atoms with Gasteiger partial charge in [-0.2, -0.15) is 0 Å². The van der Waals surface area contributed by atoms with Crippen molar-refractivity contribution >= 4 is 17.5 Å². The van der Waals surface area contributed by atoms with Crippen molar-refractivity contribution in [3.05, 3.63) is 47.5 Å². The molecular weight excluding hydrogens is 338 g/mol. The van der Waals surface area contributed by atoms with Gasteiger partial charge in [-0.3, -0.25) is 4.79 Å². The highest BCUT2D eigenvalue weighted by atomic mass is 16.5. The minimum absolute atomic E-state index is 0.131. The SMILES string of the molecule is COc1cccc2c1-c1ccc3c(c1C(C(C)[C]=O)O2)C(C)=CC(C)(C)N3. The average molecular weight is 362 g/mol. The summed E-state index contributed by atoms with van der Waals surface area (Å²) in [5.74, 6) is 1.11. The van der Waals surface area contributed by atoms with Gasteiger partial charge in [-0.25, -0.2) is 0 Å². The summed E-state index contributed by atoms with van der Waals surface area (Å²) in [7, 11) is 1.66. The molecule has 2 aromatic carbocycles. The third-order valence-corrected chi connectivity index (χ3v) is 5.33. The summed E-state index contributed by atoms with van der Waals surface area (Å²) < 4.78 is 11.9. The molecule has 2 atom stereocenters. The monoisotopic (exact) mass is 362 g/mol. The van der Waals surface area contributed by atoms with Gasteiger partial charge >= 0.3 is 0 Å². The Balaban J connectivity index is 2.05. The van der Waals surface area contributed by atoms with Crippen molar-refractivity contribution in [1.82, 2.24) is 0 Å². The molecule has 0 fully saturated rings. The molecule has 0 spiro atoms. The second-order valence-corrected chi connectivity index (χ2v) is 7.90. The maximum Gasteiger partial charge on any atom is 0.205 e. The molecule has 139 valence electrons. The van der Waals surface area contributed by atoms with Crippen LogP contribution in [0.4, 0.5) is 5.69 Å². The van der Waals surface area contributed by atoms with Crippen molar-refractivity contribution in [3.8, 4) is 22.6 Å². The van der Waals surface area contributed by atoms with Gasteiger partial charge in [0.05, 0.1) is 24.1 Å². The molecule has 4 rings (SSSR count). The van der Waals surface area contributed by atoms with Crippen LogP contribution < -0.4 is 14.8 Å². The maximum atomic E-state index is 11.5. The summed E-state index contributed by atoms with van der Waals surface area (Å²) >= 11 is 0. The summed E-state index contributed by atoms with van der Waals surface area (Å²) in [6, 6.07) is 9.98. The number of methoxy groups -OCH3 is 1. The van der Waals surface area contributed by atoms with Crippen LogP contribution in [0.3, 0.4) is 0 Å². The molecule has 2 aromatic rings. The number of fused-ring (bicyclic) bond motifs is 5. The molecule has 0 amide bonds. The normalized spacial score (nSPS) is 20.0. The fourth-order valence-electron chi connectivity index (χ4n) is 4.31. The summed E-state index contributed by atoms with van der Waals surface area (Å²) in [5.41, 5.74) is 6.22. The Morgan fingerprint density at radius 2 is 2.00 bits per heavy atom. The summed E-state index contributed by atoms with van der Waals surface area (Å²) in [6.07, 6.45) is 3.96. The van der Waals surface area contributed by atoms with Gasteiger partial charge in [0.1, 0.15) is 17.6 Å². The third-order valence-electron chi connectivity index (χ3n) is 5.33. The van der Waals surface area contributed by atoms with Gasteiger partial charge in [0, 0.05) is 16.8 Å². The second kappa shape index (κ2) is 6.15. The standard InChI is InChI=1S/C23H24NO3/c1-13-11-23(3,4)24-16-10-9-15-20-17(26-5)7-6-8-18(20)27-22(14(2)12-25)21(15)19(13)16/h6-11,14,22,24H,1-5H3. The highest BCUT2D eigenvalue weighted by molar-refractivity contribution is 5.91. The Hall–Kier alpha value is -2.75. The number of nitrogens with one attached hydrogen (secondary N) is 1. The van der Waals surface area contributed by atoms with E-state index in [0.717, 1.165) is 39.4 Å². The van der Waals surface area contributed by atoms with Gasteiger partial charge in [-0.05, 0) is 50.1 Å². The van der Waals surface area contributed by atoms with Crippen LogP contribution in [0.15, 0.2) is 36.4 Å². The van der Waals surface area contributed by atoms with E-state index >= 15 is 0 Å². The quantitative estimate of drug-likeness (QED) is 0.820. The van der Waals surface area contributed by atoms with Gasteiger partial charge in [-0.1, -0.05) is 25.1 Å². The lowest BCUT2D eigenvalue weighted by Gasteiger charge is -2.38. The zero-order valence-electron chi connectivity index (χ0n) is 16.3. The molecule has 1 radical (unpaired) electrons. The predicted octanol–water partition coefficient (Wildman–Crippen LogP) is 5.15. The van der Waals surface area contributed by atoms with Crippen LogP contribution in [0.2, 0.25) is 0 Å². The van der Waals surface area contributed by atoms with E-state index in [1.807, 2.05) is 25.1 Å². The molecule has 2 heterocycles. The number of ether oxygens (including phenoxy) is 2. The van der Waals surface area contributed by atoms with E-state index in [0.29, 0.717) is 0 Å². The van der Waals surface area contributed by atoms with Crippen LogP contribution in [0, 0.1) is 5.92 Å². The van der Waals surface area contributed by atoms with Gasteiger partial charge < -0.3 is 14.8 Å². The van der Waals surface area contributed by atoms with E-state index < -0.39 is 12.0 Å². The van der Waals surface area contributed by atoms with Crippen molar-refractivity contribution < 1.29 is 14.3 Å². The van der Waals surface area contributed by atoms with Gasteiger partial charge in [0.2, 0.25) is 6.29 Å². The van der Waals surface area contributed by atoms with E-state index in [-0.39, 0.29) is 5.54 Å². The first-order valence-corrected chi connectivity index (χ1v) is 9.23. The van der Waals surface area contributed by atoms with E-state index in [1.165, 1.54) is 5.57 Å². The highest BCUT2D eigenvalue weighted by Crippen LogP contribution is 2.53. The Kier molecular flexibility index (Phi) is 4.02. The number of carbonyl (C=O) groups excluding carboxylic acids is 1. The molecule has 0 aliphatic carbocycles.